The molecule has 0 amide bonds. The second kappa shape index (κ2) is 9.79. The molecule has 0 unspecified atom stereocenters. The number of esters is 2. The molecule has 2 N–H and O–H groups in total. The first kappa shape index (κ1) is 18.9. The Hall–Kier alpha value is -1.14. The van der Waals surface area contributed by atoms with E-state index < -0.39 is 12.2 Å². The molecule has 6 heteroatoms. The number of aliphatic hydroxyl groups excluding tert-OH is 2. The van der Waals surface area contributed by atoms with Crippen molar-refractivity contribution >= 4 is 11.9 Å². The SMILES string of the molecule is CCOC(=O)[C@@H]1CCC[C@H]1O.CCOC(=O)[C@H]1CCC[C@@H]1O. The molecular weight excluding hydrogens is 288 g/mol. The number of carbonyl (C=O) groups excluding carboxylic acids is 2. The summed E-state index contributed by atoms with van der Waals surface area (Å²) in [6, 6.07) is 0. The van der Waals surface area contributed by atoms with E-state index in [0.717, 1.165) is 38.5 Å². The van der Waals surface area contributed by atoms with Crippen molar-refractivity contribution in [2.45, 2.75) is 64.6 Å². The average molecular weight is 316 g/mol. The van der Waals surface area contributed by atoms with Crippen LogP contribution < -0.4 is 0 Å². The standard InChI is InChI=1S/2C8H14O3/c2*1-2-11-8(10)6-4-3-5-7(6)9/h2*6-7,9H,2-5H2,1H3/t2*6-,7-/m10/s1. The van der Waals surface area contributed by atoms with Crippen LogP contribution in [0.15, 0.2) is 0 Å². The third kappa shape index (κ3) is 5.57. The number of carbonyl (C=O) groups is 2. The van der Waals surface area contributed by atoms with Crippen LogP contribution in [0.3, 0.4) is 0 Å². The summed E-state index contributed by atoms with van der Waals surface area (Å²) in [5.41, 5.74) is 0. The fraction of sp³-hybridized carbons (Fsp3) is 0.875. The lowest BCUT2D eigenvalue weighted by molar-refractivity contribution is -0.151. The van der Waals surface area contributed by atoms with Gasteiger partial charge in [0.1, 0.15) is 0 Å². The second-order valence-electron chi connectivity index (χ2n) is 5.71. The van der Waals surface area contributed by atoms with Crippen molar-refractivity contribution in [3.63, 3.8) is 0 Å². The molecule has 128 valence electrons. The Morgan fingerprint density at radius 1 is 0.818 bits per heavy atom. The van der Waals surface area contributed by atoms with Gasteiger partial charge in [0.2, 0.25) is 0 Å². The maximum atomic E-state index is 11.1. The largest absolute Gasteiger partial charge is 0.466 e. The minimum Gasteiger partial charge on any atom is -0.466 e. The third-order valence-electron chi connectivity index (χ3n) is 4.14. The Balaban J connectivity index is 0.000000220. The van der Waals surface area contributed by atoms with Crippen molar-refractivity contribution in [2.24, 2.45) is 11.8 Å². The molecule has 0 radical (unpaired) electrons. The minimum atomic E-state index is -0.464. The zero-order valence-electron chi connectivity index (χ0n) is 13.5. The van der Waals surface area contributed by atoms with E-state index in [0.29, 0.717) is 13.2 Å². The lowest BCUT2D eigenvalue weighted by Crippen LogP contribution is -2.24. The molecule has 2 aliphatic carbocycles. The molecule has 2 rings (SSSR count). The number of hydrogen-bond donors (Lipinski definition) is 2. The normalized spacial score (nSPS) is 30.4. The van der Waals surface area contributed by atoms with Gasteiger partial charge < -0.3 is 19.7 Å². The second-order valence-corrected chi connectivity index (χ2v) is 5.71. The molecule has 0 heterocycles. The van der Waals surface area contributed by atoms with Crippen molar-refractivity contribution in [3.8, 4) is 0 Å². The van der Waals surface area contributed by atoms with Crippen LogP contribution in [-0.2, 0) is 19.1 Å². The van der Waals surface area contributed by atoms with E-state index in [9.17, 15) is 19.8 Å². The number of ether oxygens (including phenoxy) is 2. The Bertz CT molecular complexity index is 323. The van der Waals surface area contributed by atoms with Crippen LogP contribution in [0.25, 0.3) is 0 Å². The fourth-order valence-electron chi connectivity index (χ4n) is 2.93. The molecule has 0 bridgehead atoms. The van der Waals surface area contributed by atoms with Crippen molar-refractivity contribution in [2.75, 3.05) is 13.2 Å². The molecule has 0 aliphatic heterocycles. The predicted octanol–water partition coefficient (Wildman–Crippen LogP) is 1.42. The van der Waals surface area contributed by atoms with Crippen molar-refractivity contribution < 1.29 is 29.3 Å². The van der Waals surface area contributed by atoms with Gasteiger partial charge in [-0.2, -0.15) is 0 Å². The maximum Gasteiger partial charge on any atom is 0.311 e. The van der Waals surface area contributed by atoms with Gasteiger partial charge in [-0.05, 0) is 52.4 Å². The first-order valence-corrected chi connectivity index (χ1v) is 8.20. The first-order valence-electron chi connectivity index (χ1n) is 8.20. The Kier molecular flexibility index (Phi) is 8.42. The smallest absolute Gasteiger partial charge is 0.311 e. The molecular formula is C16H28O6. The summed E-state index contributed by atoms with van der Waals surface area (Å²) in [5.74, 6) is -0.986. The monoisotopic (exact) mass is 316 g/mol. The van der Waals surface area contributed by atoms with Crippen LogP contribution in [0.2, 0.25) is 0 Å². The van der Waals surface area contributed by atoms with E-state index in [1.807, 2.05) is 0 Å². The third-order valence-corrected chi connectivity index (χ3v) is 4.14. The summed E-state index contributed by atoms with van der Waals surface area (Å²) in [6.45, 7) is 4.36. The zero-order chi connectivity index (χ0) is 16.5. The predicted molar refractivity (Wildman–Crippen MR) is 80.0 cm³/mol. The summed E-state index contributed by atoms with van der Waals surface area (Å²) >= 11 is 0. The highest BCUT2D eigenvalue weighted by Gasteiger charge is 2.33. The first-order chi connectivity index (χ1) is 10.5. The summed E-state index contributed by atoms with van der Waals surface area (Å²) < 4.78 is 9.59. The van der Waals surface area contributed by atoms with E-state index in [1.54, 1.807) is 13.8 Å². The van der Waals surface area contributed by atoms with E-state index in [2.05, 4.69) is 0 Å². The van der Waals surface area contributed by atoms with Crippen LogP contribution in [0.4, 0.5) is 0 Å². The molecule has 0 aromatic carbocycles. The average Bonchev–Trinajstić information content (AvgIpc) is 3.08. The van der Waals surface area contributed by atoms with Crippen LogP contribution >= 0.6 is 0 Å². The van der Waals surface area contributed by atoms with Gasteiger partial charge in [-0.1, -0.05) is 0 Å². The lowest BCUT2D eigenvalue weighted by atomic mass is 10.1. The minimum absolute atomic E-state index is 0.238. The lowest BCUT2D eigenvalue weighted by Gasteiger charge is -2.11. The Morgan fingerprint density at radius 2 is 1.18 bits per heavy atom. The van der Waals surface area contributed by atoms with Gasteiger partial charge in [0.25, 0.3) is 0 Å². The van der Waals surface area contributed by atoms with E-state index in [-0.39, 0.29) is 23.8 Å². The highest BCUT2D eigenvalue weighted by Crippen LogP contribution is 2.27. The number of hydrogen-bond acceptors (Lipinski definition) is 6. The maximum absolute atomic E-state index is 11.1. The van der Waals surface area contributed by atoms with Crippen LogP contribution in [-0.4, -0.2) is 47.6 Å². The van der Waals surface area contributed by atoms with E-state index in [4.69, 9.17) is 9.47 Å². The quantitative estimate of drug-likeness (QED) is 0.762. The Labute approximate surface area is 131 Å². The molecule has 2 saturated carbocycles. The summed E-state index contributed by atoms with van der Waals surface area (Å²) in [6.07, 6.45) is 3.98. The highest BCUT2D eigenvalue weighted by molar-refractivity contribution is 5.73. The van der Waals surface area contributed by atoms with Crippen molar-refractivity contribution in [3.05, 3.63) is 0 Å². The van der Waals surface area contributed by atoms with Gasteiger partial charge in [-0.3, -0.25) is 9.59 Å². The van der Waals surface area contributed by atoms with Gasteiger partial charge >= 0.3 is 11.9 Å². The fourth-order valence-corrected chi connectivity index (χ4v) is 2.93. The molecule has 0 aromatic rings. The van der Waals surface area contributed by atoms with Gasteiger partial charge in [-0.25, -0.2) is 0 Å². The topological polar surface area (TPSA) is 93.1 Å². The molecule has 0 aromatic heterocycles. The highest BCUT2D eigenvalue weighted by atomic mass is 16.5. The van der Waals surface area contributed by atoms with Gasteiger partial charge in [0.15, 0.2) is 0 Å². The molecule has 0 spiro atoms. The van der Waals surface area contributed by atoms with Crippen molar-refractivity contribution in [1.29, 1.82) is 0 Å². The Morgan fingerprint density at radius 3 is 1.41 bits per heavy atom. The number of aliphatic hydroxyl groups is 2. The number of rotatable bonds is 4. The summed E-state index contributed by atoms with van der Waals surface area (Å²) in [5, 5.41) is 18.6. The molecule has 0 saturated heterocycles. The molecule has 4 atom stereocenters. The van der Waals surface area contributed by atoms with Crippen LogP contribution in [0.5, 0.6) is 0 Å². The van der Waals surface area contributed by atoms with E-state index >= 15 is 0 Å². The molecule has 2 aliphatic rings. The molecule has 22 heavy (non-hydrogen) atoms. The summed E-state index contributed by atoms with van der Waals surface area (Å²) in [7, 11) is 0. The molecule has 6 nitrogen and oxygen atoms in total. The van der Waals surface area contributed by atoms with Gasteiger partial charge in [-0.15, -0.1) is 0 Å². The van der Waals surface area contributed by atoms with Crippen molar-refractivity contribution in [1.82, 2.24) is 0 Å². The van der Waals surface area contributed by atoms with Crippen LogP contribution in [0.1, 0.15) is 52.4 Å². The molecule has 2 fully saturated rings. The van der Waals surface area contributed by atoms with E-state index in [1.165, 1.54) is 0 Å². The zero-order valence-corrected chi connectivity index (χ0v) is 13.5. The van der Waals surface area contributed by atoms with Gasteiger partial charge in [0, 0.05) is 0 Å². The summed E-state index contributed by atoms with van der Waals surface area (Å²) in [4.78, 5) is 22.1. The van der Waals surface area contributed by atoms with Crippen LogP contribution in [0, 0.1) is 11.8 Å². The van der Waals surface area contributed by atoms with Gasteiger partial charge in [0.05, 0.1) is 37.3 Å².